The van der Waals surface area contributed by atoms with Gasteiger partial charge in [-0.3, -0.25) is 4.79 Å². The van der Waals surface area contributed by atoms with Gasteiger partial charge in [0.25, 0.3) is 0 Å². The summed E-state index contributed by atoms with van der Waals surface area (Å²) in [4.78, 5) is 15.4. The van der Waals surface area contributed by atoms with Crippen molar-refractivity contribution in [2.24, 2.45) is 0 Å². The third-order valence-corrected chi connectivity index (χ3v) is 5.13. The first-order valence-electron chi connectivity index (χ1n) is 7.99. The first-order chi connectivity index (χ1) is 12.3. The molecule has 2 aromatic rings. The number of amides is 1. The minimum atomic E-state index is -4.00. The lowest BCUT2D eigenvalue weighted by atomic mass is 10.3. The summed E-state index contributed by atoms with van der Waals surface area (Å²) in [6, 6.07) is 2.29. The number of benzene rings is 1. The van der Waals surface area contributed by atoms with Gasteiger partial charge >= 0.3 is 0 Å². The third kappa shape index (κ3) is 5.60. The molecule has 0 radical (unpaired) electrons. The predicted molar refractivity (Wildman–Crippen MR) is 90.8 cm³/mol. The summed E-state index contributed by atoms with van der Waals surface area (Å²) in [5.41, 5.74) is 0. The summed E-state index contributed by atoms with van der Waals surface area (Å²) in [5, 5.41) is 2.69. The molecule has 2 rings (SSSR count). The number of hydrogen-bond donors (Lipinski definition) is 2. The van der Waals surface area contributed by atoms with Gasteiger partial charge in [0.15, 0.2) is 11.6 Å². The number of aromatic nitrogens is 2. The molecule has 1 aromatic heterocycles. The number of imidazole rings is 1. The van der Waals surface area contributed by atoms with Crippen molar-refractivity contribution in [1.29, 1.82) is 0 Å². The number of aryl methyl sites for hydroxylation is 2. The lowest BCUT2D eigenvalue weighted by Crippen LogP contribution is -2.31. The number of nitrogens with one attached hydrogen (secondary N) is 2. The summed E-state index contributed by atoms with van der Waals surface area (Å²) in [6.45, 7) is 2.91. The van der Waals surface area contributed by atoms with Crippen LogP contribution in [-0.4, -0.2) is 37.0 Å². The van der Waals surface area contributed by atoms with E-state index in [1.807, 2.05) is 17.7 Å². The average molecular weight is 386 g/mol. The zero-order chi connectivity index (χ0) is 19.2. The molecule has 26 heavy (non-hydrogen) atoms. The maximum Gasteiger partial charge on any atom is 0.240 e. The first-order valence-corrected chi connectivity index (χ1v) is 9.47. The van der Waals surface area contributed by atoms with Gasteiger partial charge in [-0.25, -0.2) is 26.9 Å². The number of nitrogens with zero attached hydrogens (tertiary/aromatic N) is 2. The summed E-state index contributed by atoms with van der Waals surface area (Å²) in [7, 11) is -4.00. The maximum atomic E-state index is 13.1. The van der Waals surface area contributed by atoms with Crippen LogP contribution < -0.4 is 10.0 Å². The monoisotopic (exact) mass is 386 g/mol. The van der Waals surface area contributed by atoms with Gasteiger partial charge in [-0.2, -0.15) is 0 Å². The van der Waals surface area contributed by atoms with Gasteiger partial charge in [-0.1, -0.05) is 0 Å². The molecule has 1 heterocycles. The van der Waals surface area contributed by atoms with Gasteiger partial charge < -0.3 is 9.88 Å². The first kappa shape index (κ1) is 20.0. The zero-order valence-electron chi connectivity index (χ0n) is 14.2. The van der Waals surface area contributed by atoms with Gasteiger partial charge in [0, 0.05) is 38.4 Å². The van der Waals surface area contributed by atoms with Crippen molar-refractivity contribution in [2.75, 3.05) is 13.1 Å². The molecule has 7 nitrogen and oxygen atoms in total. The van der Waals surface area contributed by atoms with Crippen LogP contribution in [-0.2, 0) is 21.4 Å². The molecule has 1 amide bonds. The van der Waals surface area contributed by atoms with E-state index in [-0.39, 0.29) is 18.9 Å². The largest absolute Gasteiger partial charge is 0.356 e. The van der Waals surface area contributed by atoms with Crippen LogP contribution in [0.15, 0.2) is 35.5 Å². The highest BCUT2D eigenvalue weighted by atomic mass is 32.2. The van der Waals surface area contributed by atoms with Crippen LogP contribution in [0.4, 0.5) is 8.78 Å². The Morgan fingerprint density at radius 2 is 2.00 bits per heavy atom. The molecule has 0 aliphatic heterocycles. The van der Waals surface area contributed by atoms with Crippen LogP contribution in [0.3, 0.4) is 0 Å². The molecule has 0 atom stereocenters. The van der Waals surface area contributed by atoms with E-state index in [0.717, 1.165) is 24.5 Å². The van der Waals surface area contributed by atoms with E-state index in [4.69, 9.17) is 0 Å². The van der Waals surface area contributed by atoms with Crippen LogP contribution in [0.5, 0.6) is 0 Å². The normalized spacial score (nSPS) is 11.5. The van der Waals surface area contributed by atoms with Gasteiger partial charge in [0.1, 0.15) is 5.82 Å². The molecule has 0 bridgehead atoms. The van der Waals surface area contributed by atoms with Crippen molar-refractivity contribution in [3.05, 3.63) is 48.1 Å². The second-order valence-corrected chi connectivity index (χ2v) is 7.36. The molecule has 10 heteroatoms. The predicted octanol–water partition coefficient (Wildman–Crippen LogP) is 1.34. The van der Waals surface area contributed by atoms with Crippen LogP contribution in [0, 0.1) is 18.6 Å². The molecule has 0 unspecified atom stereocenters. The van der Waals surface area contributed by atoms with Crippen molar-refractivity contribution >= 4 is 15.9 Å². The molecule has 2 N–H and O–H groups in total. The highest BCUT2D eigenvalue weighted by molar-refractivity contribution is 7.89. The zero-order valence-corrected chi connectivity index (χ0v) is 15.0. The number of halogens is 2. The number of hydrogen-bond acceptors (Lipinski definition) is 4. The fraction of sp³-hybridized carbons (Fsp3) is 0.375. The van der Waals surface area contributed by atoms with Crippen LogP contribution in [0.25, 0.3) is 0 Å². The molecule has 0 saturated carbocycles. The lowest BCUT2D eigenvalue weighted by molar-refractivity contribution is -0.120. The Morgan fingerprint density at radius 1 is 1.23 bits per heavy atom. The van der Waals surface area contributed by atoms with Crippen molar-refractivity contribution in [2.45, 2.75) is 31.2 Å². The van der Waals surface area contributed by atoms with E-state index in [1.54, 1.807) is 6.20 Å². The van der Waals surface area contributed by atoms with Crippen molar-refractivity contribution in [3.63, 3.8) is 0 Å². The smallest absolute Gasteiger partial charge is 0.240 e. The number of carbonyl (C=O) groups excluding carboxylic acids is 1. The summed E-state index contributed by atoms with van der Waals surface area (Å²) < 4.78 is 54.0. The SMILES string of the molecule is Cc1nccn1CCCNC(=O)CCNS(=O)(=O)c1ccc(F)c(F)c1. The number of carbonyl (C=O) groups is 1. The van der Waals surface area contributed by atoms with Crippen molar-refractivity contribution in [1.82, 2.24) is 19.6 Å². The lowest BCUT2D eigenvalue weighted by Gasteiger charge is -2.09. The maximum absolute atomic E-state index is 13.1. The Labute approximate surface area is 150 Å². The van der Waals surface area contributed by atoms with Gasteiger partial charge in [0.05, 0.1) is 4.90 Å². The Kier molecular flexibility index (Phi) is 6.81. The molecule has 0 aliphatic rings. The van der Waals surface area contributed by atoms with Crippen molar-refractivity contribution in [3.8, 4) is 0 Å². The van der Waals surface area contributed by atoms with E-state index >= 15 is 0 Å². The second-order valence-electron chi connectivity index (χ2n) is 5.60. The quantitative estimate of drug-likeness (QED) is 0.636. The average Bonchev–Trinajstić information content (AvgIpc) is 2.99. The standard InChI is InChI=1S/C16H20F2N4O3S/c1-12-19-8-10-22(12)9-2-6-20-16(23)5-7-21-26(24,25)13-3-4-14(17)15(18)11-13/h3-4,8,10-11,21H,2,5-7,9H2,1H3,(H,20,23). The van der Waals surface area contributed by atoms with E-state index in [0.29, 0.717) is 19.0 Å². The Morgan fingerprint density at radius 3 is 2.65 bits per heavy atom. The highest BCUT2D eigenvalue weighted by Crippen LogP contribution is 2.13. The van der Waals surface area contributed by atoms with Gasteiger partial charge in [-0.05, 0) is 31.5 Å². The topological polar surface area (TPSA) is 93.1 Å². The Hall–Kier alpha value is -2.33. The van der Waals surface area contributed by atoms with Crippen LogP contribution >= 0.6 is 0 Å². The molecular weight excluding hydrogens is 366 g/mol. The molecule has 0 fully saturated rings. The minimum absolute atomic E-state index is 0.0625. The van der Waals surface area contributed by atoms with Gasteiger partial charge in [0.2, 0.25) is 15.9 Å². The minimum Gasteiger partial charge on any atom is -0.356 e. The second kappa shape index (κ2) is 8.86. The molecular formula is C16H20F2N4O3S. The van der Waals surface area contributed by atoms with E-state index < -0.39 is 26.6 Å². The fourth-order valence-corrected chi connectivity index (χ4v) is 3.28. The summed E-state index contributed by atoms with van der Waals surface area (Å²) >= 11 is 0. The van der Waals surface area contributed by atoms with E-state index in [1.165, 1.54) is 0 Å². The van der Waals surface area contributed by atoms with Crippen LogP contribution in [0.2, 0.25) is 0 Å². The van der Waals surface area contributed by atoms with Gasteiger partial charge in [-0.15, -0.1) is 0 Å². The molecule has 142 valence electrons. The highest BCUT2D eigenvalue weighted by Gasteiger charge is 2.16. The van der Waals surface area contributed by atoms with Crippen LogP contribution in [0.1, 0.15) is 18.7 Å². The summed E-state index contributed by atoms with van der Waals surface area (Å²) in [5.74, 6) is -1.80. The van der Waals surface area contributed by atoms with E-state index in [2.05, 4.69) is 15.0 Å². The fourth-order valence-electron chi connectivity index (χ4n) is 2.23. The Balaban J connectivity index is 1.70. The molecule has 0 spiro atoms. The Bertz CT molecular complexity index is 868. The van der Waals surface area contributed by atoms with Crippen molar-refractivity contribution < 1.29 is 22.0 Å². The summed E-state index contributed by atoms with van der Waals surface area (Å²) in [6.07, 6.45) is 4.20. The third-order valence-electron chi connectivity index (χ3n) is 3.67. The number of sulfonamides is 1. The van der Waals surface area contributed by atoms with E-state index in [9.17, 15) is 22.0 Å². The molecule has 1 aromatic carbocycles. The molecule has 0 saturated heterocycles. The molecule has 0 aliphatic carbocycles. The number of rotatable bonds is 9.